The van der Waals surface area contributed by atoms with Crippen molar-refractivity contribution >= 4 is 0 Å². The van der Waals surface area contributed by atoms with Gasteiger partial charge in [0.25, 0.3) is 0 Å². The Morgan fingerprint density at radius 2 is 1.46 bits per heavy atom. The molecule has 1 N–H and O–H groups in total. The minimum Gasteiger partial charge on any atom is -0.396 e. The van der Waals surface area contributed by atoms with E-state index < -0.39 is 0 Å². The number of aliphatic hydroxyl groups is 1. The predicted molar refractivity (Wildman–Crippen MR) is 52.6 cm³/mol. The van der Waals surface area contributed by atoms with Crippen molar-refractivity contribution in [2.24, 2.45) is 0 Å². The van der Waals surface area contributed by atoms with Gasteiger partial charge in [-0.2, -0.15) is 0 Å². The van der Waals surface area contributed by atoms with Gasteiger partial charge in [0.05, 0.1) is 0 Å². The molecule has 0 aromatic rings. The number of methoxy groups -OCH3 is 2. The average Bonchev–Trinajstić information content (AvgIpc) is 2.17. The summed E-state index contributed by atoms with van der Waals surface area (Å²) >= 11 is 0. The highest BCUT2D eigenvalue weighted by molar-refractivity contribution is 4.47. The van der Waals surface area contributed by atoms with E-state index in [0.29, 0.717) is 6.61 Å². The maximum absolute atomic E-state index is 8.55. The summed E-state index contributed by atoms with van der Waals surface area (Å²) in [5.74, 6) is 0. The van der Waals surface area contributed by atoms with Crippen LogP contribution < -0.4 is 0 Å². The van der Waals surface area contributed by atoms with E-state index in [9.17, 15) is 0 Å². The van der Waals surface area contributed by atoms with Crippen molar-refractivity contribution in [2.45, 2.75) is 44.8 Å². The molecule has 3 nitrogen and oxygen atoms in total. The summed E-state index contributed by atoms with van der Waals surface area (Å²) in [7, 11) is 3.33. The van der Waals surface area contributed by atoms with Crippen molar-refractivity contribution in [1.82, 2.24) is 0 Å². The Labute approximate surface area is 81.0 Å². The molecule has 0 aliphatic rings. The molecule has 0 heterocycles. The Balaban J connectivity index is 3.05. The van der Waals surface area contributed by atoms with Gasteiger partial charge in [-0.25, -0.2) is 0 Å². The fourth-order valence-corrected chi connectivity index (χ4v) is 1.29. The minimum absolute atomic E-state index is 0.0437. The molecule has 0 aliphatic heterocycles. The van der Waals surface area contributed by atoms with Crippen molar-refractivity contribution in [3.8, 4) is 0 Å². The van der Waals surface area contributed by atoms with E-state index in [1.165, 1.54) is 12.8 Å². The van der Waals surface area contributed by atoms with E-state index in [2.05, 4.69) is 0 Å². The minimum atomic E-state index is -0.0437. The topological polar surface area (TPSA) is 38.7 Å². The lowest BCUT2D eigenvalue weighted by molar-refractivity contribution is -0.107. The van der Waals surface area contributed by atoms with Crippen LogP contribution in [-0.2, 0) is 9.47 Å². The van der Waals surface area contributed by atoms with Gasteiger partial charge in [-0.05, 0) is 19.3 Å². The third-order valence-corrected chi connectivity index (χ3v) is 2.12. The van der Waals surface area contributed by atoms with Crippen molar-refractivity contribution in [2.75, 3.05) is 20.8 Å². The summed E-state index contributed by atoms with van der Waals surface area (Å²) in [6, 6.07) is 0. The summed E-state index contributed by atoms with van der Waals surface area (Å²) < 4.78 is 10.1. The SMILES string of the molecule is COC(CCCCCCCO)OC. The number of ether oxygens (including phenoxy) is 2. The van der Waals surface area contributed by atoms with Crippen LogP contribution in [0, 0.1) is 0 Å². The van der Waals surface area contributed by atoms with Crippen LogP contribution in [0.1, 0.15) is 38.5 Å². The van der Waals surface area contributed by atoms with Gasteiger partial charge in [-0.15, -0.1) is 0 Å². The second-order valence-electron chi connectivity index (χ2n) is 3.18. The summed E-state index contributed by atoms with van der Waals surface area (Å²) in [5, 5.41) is 8.55. The molecule has 0 spiro atoms. The number of hydrogen-bond acceptors (Lipinski definition) is 3. The molecular weight excluding hydrogens is 168 g/mol. The van der Waals surface area contributed by atoms with Gasteiger partial charge in [-0.3, -0.25) is 0 Å². The molecule has 0 saturated heterocycles. The second kappa shape index (κ2) is 9.96. The maximum Gasteiger partial charge on any atom is 0.156 e. The fourth-order valence-electron chi connectivity index (χ4n) is 1.29. The highest BCUT2D eigenvalue weighted by atomic mass is 16.7. The Bertz CT molecular complexity index is 92.2. The molecule has 3 heteroatoms. The zero-order valence-corrected chi connectivity index (χ0v) is 8.79. The van der Waals surface area contributed by atoms with Crippen molar-refractivity contribution in [1.29, 1.82) is 0 Å². The summed E-state index contributed by atoms with van der Waals surface area (Å²) in [6.45, 7) is 0.318. The van der Waals surface area contributed by atoms with Crippen LogP contribution >= 0.6 is 0 Å². The summed E-state index contributed by atoms with van der Waals surface area (Å²) in [5.41, 5.74) is 0. The molecule has 0 saturated carbocycles. The smallest absolute Gasteiger partial charge is 0.156 e. The normalized spacial score (nSPS) is 11.1. The molecule has 0 atom stereocenters. The van der Waals surface area contributed by atoms with Crippen LogP contribution in [0.5, 0.6) is 0 Å². The van der Waals surface area contributed by atoms with Gasteiger partial charge in [0.15, 0.2) is 6.29 Å². The number of hydrogen-bond donors (Lipinski definition) is 1. The van der Waals surface area contributed by atoms with Crippen molar-refractivity contribution in [3.63, 3.8) is 0 Å². The highest BCUT2D eigenvalue weighted by Gasteiger charge is 2.03. The highest BCUT2D eigenvalue weighted by Crippen LogP contribution is 2.09. The standard InChI is InChI=1S/C10H22O3/c1-12-10(13-2)8-6-4-3-5-7-9-11/h10-11H,3-9H2,1-2H3. The Morgan fingerprint density at radius 1 is 0.923 bits per heavy atom. The molecule has 0 bridgehead atoms. The van der Waals surface area contributed by atoms with E-state index in [0.717, 1.165) is 25.7 Å². The van der Waals surface area contributed by atoms with E-state index in [1.807, 2.05) is 0 Å². The quantitative estimate of drug-likeness (QED) is 0.446. The molecule has 0 unspecified atom stereocenters. The van der Waals surface area contributed by atoms with Crippen LogP contribution in [0.15, 0.2) is 0 Å². The lowest BCUT2D eigenvalue weighted by atomic mass is 10.1. The molecule has 80 valence electrons. The first kappa shape index (κ1) is 12.9. The summed E-state index contributed by atoms with van der Waals surface area (Å²) in [6.07, 6.45) is 6.50. The monoisotopic (exact) mass is 190 g/mol. The van der Waals surface area contributed by atoms with Crippen LogP contribution in [0.4, 0.5) is 0 Å². The van der Waals surface area contributed by atoms with E-state index in [1.54, 1.807) is 14.2 Å². The van der Waals surface area contributed by atoms with Crippen molar-refractivity contribution < 1.29 is 14.6 Å². The molecule has 0 aromatic carbocycles. The molecule has 0 fully saturated rings. The maximum atomic E-state index is 8.55. The average molecular weight is 190 g/mol. The predicted octanol–water partition coefficient (Wildman–Crippen LogP) is 1.94. The molecular formula is C10H22O3. The molecule has 0 rings (SSSR count). The first-order valence-corrected chi connectivity index (χ1v) is 5.01. The molecule has 0 aliphatic carbocycles. The van der Waals surface area contributed by atoms with Gasteiger partial charge < -0.3 is 14.6 Å². The first-order valence-electron chi connectivity index (χ1n) is 5.01. The second-order valence-corrected chi connectivity index (χ2v) is 3.18. The fraction of sp³-hybridized carbons (Fsp3) is 1.00. The largest absolute Gasteiger partial charge is 0.396 e. The van der Waals surface area contributed by atoms with E-state index >= 15 is 0 Å². The zero-order chi connectivity index (χ0) is 9.94. The lowest BCUT2D eigenvalue weighted by Crippen LogP contribution is -2.12. The van der Waals surface area contributed by atoms with Gasteiger partial charge in [0, 0.05) is 20.8 Å². The Kier molecular flexibility index (Phi) is 9.87. The van der Waals surface area contributed by atoms with Crippen molar-refractivity contribution in [3.05, 3.63) is 0 Å². The lowest BCUT2D eigenvalue weighted by Gasteiger charge is -2.12. The third kappa shape index (κ3) is 8.22. The van der Waals surface area contributed by atoms with Gasteiger partial charge >= 0.3 is 0 Å². The Hall–Kier alpha value is -0.120. The molecule has 13 heavy (non-hydrogen) atoms. The molecule has 0 radical (unpaired) electrons. The van der Waals surface area contributed by atoms with Gasteiger partial charge in [0.2, 0.25) is 0 Å². The number of rotatable bonds is 9. The van der Waals surface area contributed by atoms with E-state index in [4.69, 9.17) is 14.6 Å². The van der Waals surface area contributed by atoms with Gasteiger partial charge in [0.1, 0.15) is 0 Å². The van der Waals surface area contributed by atoms with Crippen LogP contribution in [0.2, 0.25) is 0 Å². The third-order valence-electron chi connectivity index (χ3n) is 2.12. The molecule has 0 amide bonds. The zero-order valence-electron chi connectivity index (χ0n) is 8.79. The van der Waals surface area contributed by atoms with Crippen LogP contribution in [0.25, 0.3) is 0 Å². The van der Waals surface area contributed by atoms with E-state index in [-0.39, 0.29) is 6.29 Å². The molecule has 0 aromatic heterocycles. The van der Waals surface area contributed by atoms with Crippen LogP contribution in [-0.4, -0.2) is 32.2 Å². The number of unbranched alkanes of at least 4 members (excludes halogenated alkanes) is 4. The first-order chi connectivity index (χ1) is 6.35. The Morgan fingerprint density at radius 3 is 2.00 bits per heavy atom. The number of aliphatic hydroxyl groups excluding tert-OH is 1. The van der Waals surface area contributed by atoms with Crippen LogP contribution in [0.3, 0.4) is 0 Å². The summed E-state index contributed by atoms with van der Waals surface area (Å²) in [4.78, 5) is 0. The van der Waals surface area contributed by atoms with Gasteiger partial charge in [-0.1, -0.05) is 19.3 Å².